The van der Waals surface area contributed by atoms with Crippen LogP contribution in [-0.4, -0.2) is 52.1 Å². The Labute approximate surface area is 106 Å². The molecule has 16 heavy (non-hydrogen) atoms. The molecule has 0 aromatic carbocycles. The fraction of sp³-hybridized carbons (Fsp3) is 1.00. The molecular formula is C4H12Cl2N2O6S2. The van der Waals surface area contributed by atoms with E-state index in [-0.39, 0.29) is 59.6 Å². The summed E-state index contributed by atoms with van der Waals surface area (Å²) in [6.45, 7) is -0.191. The monoisotopic (exact) mass is 318 g/mol. The zero-order chi connectivity index (χ0) is 11.0. The van der Waals surface area contributed by atoms with Gasteiger partial charge >= 0.3 is 20.6 Å². The van der Waals surface area contributed by atoms with Gasteiger partial charge in [0.15, 0.2) is 0 Å². The first kappa shape index (κ1) is 18.7. The van der Waals surface area contributed by atoms with Gasteiger partial charge in [-0.25, -0.2) is 9.11 Å². The van der Waals surface area contributed by atoms with E-state index >= 15 is 0 Å². The predicted molar refractivity (Wildman–Crippen MR) is 44.5 cm³/mol. The number of piperazine rings is 1. The van der Waals surface area contributed by atoms with Crippen molar-refractivity contribution in [3.05, 3.63) is 0 Å². The summed E-state index contributed by atoms with van der Waals surface area (Å²) in [6, 6.07) is 0. The molecule has 0 aromatic rings. The molecule has 0 aliphatic carbocycles. The van der Waals surface area contributed by atoms with Crippen LogP contribution in [0.5, 0.6) is 0 Å². The third-order valence-electron chi connectivity index (χ3n) is 2.09. The van der Waals surface area contributed by atoms with Crippen molar-refractivity contribution in [3.63, 3.8) is 0 Å². The smallest absolute Gasteiger partial charge is 0.431 e. The molecule has 1 rings (SSSR count). The van der Waals surface area contributed by atoms with E-state index in [0.717, 1.165) is 0 Å². The Kier molecular flexibility index (Phi) is 7.36. The topological polar surface area (TPSA) is 118 Å². The van der Waals surface area contributed by atoms with Crippen molar-refractivity contribution < 1.29 is 59.4 Å². The van der Waals surface area contributed by atoms with Crippen molar-refractivity contribution in [2.24, 2.45) is 0 Å². The molecule has 1 heterocycles. The molecule has 0 bridgehead atoms. The Hall–Kier alpha value is 0.320. The second-order valence-electron chi connectivity index (χ2n) is 3.03. The standard InChI is InChI=1S/C4H10N2O6S2.2ClH/c7-13(8,9)5-1-2-6(4-3-5)14(10,11)12;;/h1-4H2,(H,7,8,9)(H,10,11,12);2*1H. The van der Waals surface area contributed by atoms with Gasteiger partial charge in [0.1, 0.15) is 26.2 Å². The van der Waals surface area contributed by atoms with Crippen molar-refractivity contribution in [2.75, 3.05) is 26.2 Å². The van der Waals surface area contributed by atoms with Crippen LogP contribution in [-0.2, 0) is 20.6 Å². The summed E-state index contributed by atoms with van der Waals surface area (Å²) in [5.41, 5.74) is 0. The van der Waals surface area contributed by atoms with Gasteiger partial charge in [0, 0.05) is 0 Å². The highest BCUT2D eigenvalue weighted by atomic mass is 35.5. The van der Waals surface area contributed by atoms with E-state index in [0.29, 0.717) is 0 Å². The van der Waals surface area contributed by atoms with Crippen LogP contribution in [0.15, 0.2) is 0 Å². The van der Waals surface area contributed by atoms with Crippen molar-refractivity contribution in [2.45, 2.75) is 0 Å². The number of halogens is 2. The van der Waals surface area contributed by atoms with Gasteiger partial charge in [-0.05, 0) is 0 Å². The summed E-state index contributed by atoms with van der Waals surface area (Å²) in [5, 5.41) is 0. The van der Waals surface area contributed by atoms with E-state index in [1.807, 2.05) is 0 Å². The van der Waals surface area contributed by atoms with Crippen LogP contribution in [0, 0.1) is 0 Å². The van der Waals surface area contributed by atoms with Gasteiger partial charge in [-0.3, -0.25) is 0 Å². The van der Waals surface area contributed by atoms with E-state index in [2.05, 4.69) is 0 Å². The van der Waals surface area contributed by atoms with Gasteiger partial charge in [-0.1, -0.05) is 0 Å². The van der Waals surface area contributed by atoms with Gasteiger partial charge in [0.05, 0.1) is 0 Å². The summed E-state index contributed by atoms with van der Waals surface area (Å²) < 4.78 is 59.7. The lowest BCUT2D eigenvalue weighted by Gasteiger charge is -2.23. The Morgan fingerprint density at radius 3 is 1.00 bits per heavy atom. The van der Waals surface area contributed by atoms with Crippen LogP contribution in [0.4, 0.5) is 0 Å². The second-order valence-corrected chi connectivity index (χ2v) is 6.08. The van der Waals surface area contributed by atoms with Crippen LogP contribution in [0.3, 0.4) is 0 Å². The first-order valence-corrected chi connectivity index (χ1v) is 6.73. The normalized spacial score (nSPS) is 26.4. The minimum atomic E-state index is -4.17. The summed E-state index contributed by atoms with van der Waals surface area (Å²) in [5.74, 6) is 0. The third-order valence-corrected chi connectivity index (χ3v) is 4.37. The van der Waals surface area contributed by atoms with E-state index in [4.69, 9.17) is 9.11 Å². The second kappa shape index (κ2) is 6.31. The minimum absolute atomic E-state index is 0. The Morgan fingerprint density at radius 2 is 0.875 bits per heavy atom. The minimum Gasteiger partial charge on any atom is -1.00 e. The van der Waals surface area contributed by atoms with Crippen LogP contribution < -0.4 is 33.4 Å². The Balaban J connectivity index is 0. The fourth-order valence-corrected chi connectivity index (χ4v) is 2.76. The van der Waals surface area contributed by atoms with Crippen molar-refractivity contribution in [1.82, 2.24) is 0 Å². The number of nitrogens with one attached hydrogen (secondary N) is 2. The average Bonchev–Trinajstić information content (AvgIpc) is 2.01. The maximum absolute atomic E-state index is 10.6. The Morgan fingerprint density at radius 1 is 0.688 bits per heavy atom. The van der Waals surface area contributed by atoms with E-state index in [1.54, 1.807) is 0 Å². The van der Waals surface area contributed by atoms with Gasteiger partial charge in [-0.15, -0.1) is 16.8 Å². The third kappa shape index (κ3) is 5.10. The molecule has 0 amide bonds. The summed E-state index contributed by atoms with van der Waals surface area (Å²) in [7, 11) is -8.34. The molecule has 100 valence electrons. The largest absolute Gasteiger partial charge is 1.00 e. The summed E-state index contributed by atoms with van der Waals surface area (Å²) in [4.78, 5) is 0. The molecule has 0 unspecified atom stereocenters. The lowest BCUT2D eigenvalue weighted by Crippen LogP contribution is -3.29. The number of rotatable bonds is 2. The van der Waals surface area contributed by atoms with Gasteiger partial charge < -0.3 is 24.8 Å². The molecule has 12 heteroatoms. The molecule has 0 spiro atoms. The average molecular weight is 319 g/mol. The zero-order valence-corrected chi connectivity index (χ0v) is 11.1. The lowest BCUT2D eigenvalue weighted by atomic mass is 10.4. The Bertz CT molecular complexity index is 360. The van der Waals surface area contributed by atoms with Crippen molar-refractivity contribution >= 4 is 20.6 Å². The molecule has 0 radical (unpaired) electrons. The quantitative estimate of drug-likeness (QED) is 0.376. The van der Waals surface area contributed by atoms with Gasteiger partial charge in [0.2, 0.25) is 0 Å². The lowest BCUT2D eigenvalue weighted by molar-refractivity contribution is -0.896. The predicted octanol–water partition coefficient (Wildman–Crippen LogP) is -10.6. The number of quaternary nitrogens is 2. The fourth-order valence-electron chi connectivity index (χ4n) is 1.32. The van der Waals surface area contributed by atoms with Crippen LogP contribution >= 0.6 is 0 Å². The first-order valence-electron chi connectivity index (χ1n) is 3.85. The molecule has 4 N–H and O–H groups in total. The molecule has 1 fully saturated rings. The van der Waals surface area contributed by atoms with Crippen LogP contribution in [0.2, 0.25) is 0 Å². The highest BCUT2D eigenvalue weighted by molar-refractivity contribution is 7.79. The van der Waals surface area contributed by atoms with E-state index in [9.17, 15) is 16.8 Å². The molecule has 0 atom stereocenters. The molecule has 1 saturated heterocycles. The molecular weight excluding hydrogens is 307 g/mol. The van der Waals surface area contributed by atoms with Crippen LogP contribution in [0.25, 0.3) is 0 Å². The maximum Gasteiger partial charge on any atom is 0.431 e. The summed E-state index contributed by atoms with van der Waals surface area (Å²) >= 11 is 0. The number of hydrogen-bond acceptors (Lipinski definition) is 4. The molecule has 1 aliphatic rings. The molecule has 8 nitrogen and oxygen atoms in total. The van der Waals surface area contributed by atoms with Crippen molar-refractivity contribution in [3.8, 4) is 0 Å². The SMILES string of the molecule is O=S(=O)(O)[NH+]1CC[NH+](S(=O)(=O)O)CC1.[Cl-].[Cl-]. The number of hydrogen-bond donors (Lipinski definition) is 4. The zero-order valence-electron chi connectivity index (χ0n) is 7.93. The highest BCUT2D eigenvalue weighted by Gasteiger charge is 2.36. The maximum atomic E-state index is 10.6. The van der Waals surface area contributed by atoms with Crippen LogP contribution in [0.1, 0.15) is 0 Å². The molecule has 0 saturated carbocycles. The van der Waals surface area contributed by atoms with E-state index in [1.165, 1.54) is 0 Å². The highest BCUT2D eigenvalue weighted by Crippen LogP contribution is 1.71. The van der Waals surface area contributed by atoms with Gasteiger partial charge in [0.25, 0.3) is 0 Å². The summed E-state index contributed by atoms with van der Waals surface area (Å²) in [6.07, 6.45) is 0. The van der Waals surface area contributed by atoms with Crippen molar-refractivity contribution in [1.29, 1.82) is 0 Å². The molecule has 0 aromatic heterocycles. The molecule has 1 aliphatic heterocycles. The van der Waals surface area contributed by atoms with Gasteiger partial charge in [-0.2, -0.15) is 8.61 Å². The first-order chi connectivity index (χ1) is 6.21. The van der Waals surface area contributed by atoms with E-state index < -0.39 is 20.6 Å².